The van der Waals surface area contributed by atoms with Crippen molar-refractivity contribution in [3.05, 3.63) is 71.8 Å². The molecular formula is C23H33N3O. The number of amides is 1. The quantitative estimate of drug-likeness (QED) is 0.505. The number of carbonyl (C=O) groups excluding carboxylic acids is 1. The number of nitrogens with one attached hydrogen (secondary N) is 2. The van der Waals surface area contributed by atoms with Crippen molar-refractivity contribution < 1.29 is 4.79 Å². The Hall–Kier alpha value is -2.17. The van der Waals surface area contributed by atoms with Crippen LogP contribution >= 0.6 is 0 Å². The molecule has 0 aliphatic rings. The summed E-state index contributed by atoms with van der Waals surface area (Å²) >= 11 is 0. The molecule has 1 amide bonds. The number of carbonyl (C=O) groups is 1. The highest BCUT2D eigenvalue weighted by atomic mass is 16.2. The molecule has 0 aliphatic carbocycles. The summed E-state index contributed by atoms with van der Waals surface area (Å²) in [5, 5.41) is 6.29. The monoisotopic (exact) mass is 367 g/mol. The highest BCUT2D eigenvalue weighted by Gasteiger charge is 2.18. The number of hydrogen-bond donors (Lipinski definition) is 3. The van der Waals surface area contributed by atoms with Crippen LogP contribution in [0.15, 0.2) is 60.7 Å². The van der Waals surface area contributed by atoms with E-state index in [0.717, 1.165) is 38.6 Å². The van der Waals surface area contributed by atoms with Crippen molar-refractivity contribution in [2.45, 2.75) is 50.6 Å². The lowest BCUT2D eigenvalue weighted by Crippen LogP contribution is -2.46. The molecule has 0 fully saturated rings. The van der Waals surface area contributed by atoms with E-state index in [1.165, 1.54) is 11.1 Å². The van der Waals surface area contributed by atoms with Gasteiger partial charge in [-0.2, -0.15) is 0 Å². The van der Waals surface area contributed by atoms with E-state index in [-0.39, 0.29) is 11.9 Å². The molecule has 0 unspecified atom stereocenters. The van der Waals surface area contributed by atoms with Gasteiger partial charge in [0.2, 0.25) is 5.91 Å². The summed E-state index contributed by atoms with van der Waals surface area (Å²) in [4.78, 5) is 12.5. The van der Waals surface area contributed by atoms with Crippen molar-refractivity contribution in [1.82, 2.24) is 10.6 Å². The van der Waals surface area contributed by atoms with E-state index < -0.39 is 6.04 Å². The number of benzene rings is 2. The number of nitrogens with two attached hydrogens (primary N) is 1. The summed E-state index contributed by atoms with van der Waals surface area (Å²) < 4.78 is 0. The Morgan fingerprint density at radius 1 is 0.889 bits per heavy atom. The van der Waals surface area contributed by atoms with Gasteiger partial charge in [0.05, 0.1) is 6.04 Å². The topological polar surface area (TPSA) is 67.1 Å². The predicted octanol–water partition coefficient (Wildman–Crippen LogP) is 3.06. The van der Waals surface area contributed by atoms with Crippen molar-refractivity contribution in [2.75, 3.05) is 13.6 Å². The first-order valence-electron chi connectivity index (χ1n) is 9.97. The summed E-state index contributed by atoms with van der Waals surface area (Å²) in [6.07, 6.45) is 5.36. The molecule has 0 saturated carbocycles. The fraction of sp³-hybridized carbons (Fsp3) is 0.435. The molecule has 2 aromatic carbocycles. The van der Waals surface area contributed by atoms with Gasteiger partial charge in [-0.25, -0.2) is 0 Å². The van der Waals surface area contributed by atoms with E-state index in [9.17, 15) is 4.79 Å². The van der Waals surface area contributed by atoms with E-state index in [2.05, 4.69) is 59.2 Å². The van der Waals surface area contributed by atoms with Crippen LogP contribution in [0, 0.1) is 0 Å². The van der Waals surface area contributed by atoms with Crippen molar-refractivity contribution in [3.63, 3.8) is 0 Å². The summed E-state index contributed by atoms with van der Waals surface area (Å²) in [7, 11) is 1.91. The zero-order valence-electron chi connectivity index (χ0n) is 16.4. The van der Waals surface area contributed by atoms with Crippen LogP contribution in [0.2, 0.25) is 0 Å². The first kappa shape index (κ1) is 21.1. The molecule has 0 radical (unpaired) electrons. The average Bonchev–Trinajstić information content (AvgIpc) is 2.71. The Kier molecular flexibility index (Phi) is 9.60. The fourth-order valence-electron chi connectivity index (χ4n) is 3.20. The molecule has 0 aliphatic heterocycles. The van der Waals surface area contributed by atoms with E-state index in [4.69, 9.17) is 5.73 Å². The summed E-state index contributed by atoms with van der Waals surface area (Å²) in [6.45, 7) is 0.881. The Labute approximate surface area is 163 Å². The second kappa shape index (κ2) is 12.3. The van der Waals surface area contributed by atoms with Crippen molar-refractivity contribution >= 4 is 5.91 Å². The van der Waals surface area contributed by atoms with Gasteiger partial charge in [-0.15, -0.1) is 0 Å². The standard InChI is InChI=1S/C23H33N3O/c1-25-18-8-13-22(24)23(27)26-21(16-14-19-9-4-2-5-10-19)17-15-20-11-6-3-7-12-20/h2-7,9-12,21-22,25H,8,13-18,24H2,1H3,(H,26,27)/t22-/m0/s1. The van der Waals surface area contributed by atoms with Crippen molar-refractivity contribution in [3.8, 4) is 0 Å². The molecule has 0 spiro atoms. The summed E-state index contributed by atoms with van der Waals surface area (Å²) in [5.74, 6) is -0.0303. The minimum Gasteiger partial charge on any atom is -0.352 e. The minimum atomic E-state index is -0.436. The van der Waals surface area contributed by atoms with Crippen LogP contribution in [0.1, 0.15) is 36.8 Å². The number of hydrogen-bond acceptors (Lipinski definition) is 3. The minimum absolute atomic E-state index is 0.0303. The van der Waals surface area contributed by atoms with Gasteiger partial charge in [-0.1, -0.05) is 60.7 Å². The van der Waals surface area contributed by atoms with Crippen LogP contribution in [-0.2, 0) is 17.6 Å². The summed E-state index contributed by atoms with van der Waals surface area (Å²) in [6, 6.07) is 20.6. The lowest BCUT2D eigenvalue weighted by molar-refractivity contribution is -0.123. The molecule has 4 heteroatoms. The molecule has 0 saturated heterocycles. The van der Waals surface area contributed by atoms with Crippen LogP contribution in [-0.4, -0.2) is 31.6 Å². The van der Waals surface area contributed by atoms with Crippen molar-refractivity contribution in [1.29, 1.82) is 0 Å². The lowest BCUT2D eigenvalue weighted by Gasteiger charge is -2.21. The van der Waals surface area contributed by atoms with Gasteiger partial charge >= 0.3 is 0 Å². The van der Waals surface area contributed by atoms with Gasteiger partial charge in [-0.3, -0.25) is 4.79 Å². The lowest BCUT2D eigenvalue weighted by atomic mass is 9.98. The first-order chi connectivity index (χ1) is 13.2. The molecule has 27 heavy (non-hydrogen) atoms. The maximum absolute atomic E-state index is 12.5. The third-order valence-electron chi connectivity index (χ3n) is 4.87. The smallest absolute Gasteiger partial charge is 0.237 e. The molecule has 2 rings (SSSR count). The maximum Gasteiger partial charge on any atom is 0.237 e. The third kappa shape index (κ3) is 8.37. The molecular weight excluding hydrogens is 334 g/mol. The highest BCUT2D eigenvalue weighted by Crippen LogP contribution is 2.12. The number of aryl methyl sites for hydroxylation is 2. The van der Waals surface area contributed by atoms with Gasteiger partial charge in [0.15, 0.2) is 0 Å². The maximum atomic E-state index is 12.5. The fourth-order valence-corrected chi connectivity index (χ4v) is 3.20. The van der Waals surface area contributed by atoms with E-state index >= 15 is 0 Å². The predicted molar refractivity (Wildman–Crippen MR) is 113 cm³/mol. The number of rotatable bonds is 12. The molecule has 1 atom stereocenters. The molecule has 146 valence electrons. The first-order valence-corrected chi connectivity index (χ1v) is 9.97. The molecule has 4 N–H and O–H groups in total. The Morgan fingerprint density at radius 2 is 1.41 bits per heavy atom. The molecule has 0 bridgehead atoms. The largest absolute Gasteiger partial charge is 0.352 e. The van der Waals surface area contributed by atoms with Crippen LogP contribution < -0.4 is 16.4 Å². The van der Waals surface area contributed by atoms with Gasteiger partial charge < -0.3 is 16.4 Å². The van der Waals surface area contributed by atoms with Gasteiger partial charge in [0, 0.05) is 6.04 Å². The molecule has 4 nitrogen and oxygen atoms in total. The molecule has 0 aromatic heterocycles. The third-order valence-corrected chi connectivity index (χ3v) is 4.87. The van der Waals surface area contributed by atoms with Gasteiger partial charge in [-0.05, 0) is 63.2 Å². The highest BCUT2D eigenvalue weighted by molar-refractivity contribution is 5.81. The summed E-state index contributed by atoms with van der Waals surface area (Å²) in [5.41, 5.74) is 8.68. The Morgan fingerprint density at radius 3 is 1.89 bits per heavy atom. The zero-order chi connectivity index (χ0) is 19.3. The van der Waals surface area contributed by atoms with Crippen LogP contribution in [0.25, 0.3) is 0 Å². The van der Waals surface area contributed by atoms with Gasteiger partial charge in [0.1, 0.15) is 0 Å². The second-order valence-electron chi connectivity index (χ2n) is 7.11. The Bertz CT molecular complexity index is 602. The van der Waals surface area contributed by atoms with E-state index in [1.807, 2.05) is 19.2 Å². The van der Waals surface area contributed by atoms with Crippen LogP contribution in [0.4, 0.5) is 0 Å². The second-order valence-corrected chi connectivity index (χ2v) is 7.11. The van der Waals surface area contributed by atoms with Crippen LogP contribution in [0.3, 0.4) is 0 Å². The average molecular weight is 368 g/mol. The Balaban J connectivity index is 1.90. The van der Waals surface area contributed by atoms with E-state index in [1.54, 1.807) is 0 Å². The molecule has 2 aromatic rings. The van der Waals surface area contributed by atoms with E-state index in [0.29, 0.717) is 6.42 Å². The zero-order valence-corrected chi connectivity index (χ0v) is 16.4. The SMILES string of the molecule is CNCCC[C@H](N)C(=O)NC(CCc1ccccc1)CCc1ccccc1. The molecule has 0 heterocycles. The van der Waals surface area contributed by atoms with Crippen LogP contribution in [0.5, 0.6) is 0 Å². The van der Waals surface area contributed by atoms with Gasteiger partial charge in [0.25, 0.3) is 0 Å². The normalized spacial score (nSPS) is 12.1. The van der Waals surface area contributed by atoms with Crippen molar-refractivity contribution in [2.24, 2.45) is 5.73 Å².